The average Bonchev–Trinajstić information content (AvgIpc) is 2.72. The zero-order chi connectivity index (χ0) is 12.6. The molecule has 0 spiro atoms. The summed E-state index contributed by atoms with van der Waals surface area (Å²) in [5.41, 5.74) is 8.21. The van der Waals surface area contributed by atoms with E-state index in [0.29, 0.717) is 21.7 Å². The maximum Gasteiger partial charge on any atom is 0.0890 e. The molecule has 2 N–H and O–H groups in total. The van der Waals surface area contributed by atoms with Gasteiger partial charge in [0.2, 0.25) is 0 Å². The van der Waals surface area contributed by atoms with Gasteiger partial charge < -0.3 is 5.73 Å². The topological polar surface area (TPSA) is 43.8 Å². The molecule has 90 valence electrons. The average molecular weight is 270 g/mol. The predicted octanol–water partition coefficient (Wildman–Crippen LogP) is 3.88. The summed E-state index contributed by atoms with van der Waals surface area (Å²) in [5, 5.41) is 5.36. The van der Waals surface area contributed by atoms with Crippen LogP contribution in [0.15, 0.2) is 24.4 Å². The van der Waals surface area contributed by atoms with Crippen molar-refractivity contribution in [2.45, 2.75) is 19.8 Å². The monoisotopic (exact) mass is 269 g/mol. The highest BCUT2D eigenvalue weighted by Crippen LogP contribution is 2.29. The molecule has 2 rings (SSSR count). The van der Waals surface area contributed by atoms with Gasteiger partial charge in [-0.05, 0) is 24.1 Å². The SMILES string of the molecule is CC(C)c1ccn(-c2cc(Cl)c(Cl)cc2N)n1. The molecule has 0 saturated heterocycles. The molecule has 1 aromatic carbocycles. The molecular formula is C12H13Cl2N3. The predicted molar refractivity (Wildman–Crippen MR) is 72.1 cm³/mol. The number of aromatic nitrogens is 2. The second-order valence-electron chi connectivity index (χ2n) is 4.17. The van der Waals surface area contributed by atoms with Crippen LogP contribution in [0.5, 0.6) is 0 Å². The third kappa shape index (κ3) is 2.40. The van der Waals surface area contributed by atoms with Crippen LogP contribution in [0, 0.1) is 0 Å². The van der Waals surface area contributed by atoms with Gasteiger partial charge in [0.25, 0.3) is 0 Å². The highest BCUT2D eigenvalue weighted by molar-refractivity contribution is 6.42. The smallest absolute Gasteiger partial charge is 0.0890 e. The third-order valence-corrected chi connectivity index (χ3v) is 3.24. The van der Waals surface area contributed by atoms with E-state index in [0.717, 1.165) is 11.4 Å². The van der Waals surface area contributed by atoms with E-state index in [9.17, 15) is 0 Å². The molecule has 0 fully saturated rings. The number of hydrogen-bond donors (Lipinski definition) is 1. The first-order chi connectivity index (χ1) is 7.99. The van der Waals surface area contributed by atoms with Gasteiger partial charge in [-0.15, -0.1) is 0 Å². The molecule has 0 aliphatic carbocycles. The number of nitrogen functional groups attached to an aromatic ring is 1. The van der Waals surface area contributed by atoms with Crippen LogP contribution >= 0.6 is 23.2 Å². The van der Waals surface area contributed by atoms with Crippen LogP contribution < -0.4 is 5.73 Å². The largest absolute Gasteiger partial charge is 0.397 e. The second kappa shape index (κ2) is 4.59. The Balaban J connectivity index is 2.49. The zero-order valence-corrected chi connectivity index (χ0v) is 11.1. The van der Waals surface area contributed by atoms with E-state index in [4.69, 9.17) is 28.9 Å². The Morgan fingerprint density at radius 1 is 1.24 bits per heavy atom. The van der Waals surface area contributed by atoms with Gasteiger partial charge in [-0.1, -0.05) is 37.0 Å². The normalized spacial score (nSPS) is 11.1. The van der Waals surface area contributed by atoms with Crippen LogP contribution in [0.2, 0.25) is 10.0 Å². The van der Waals surface area contributed by atoms with Crippen molar-refractivity contribution >= 4 is 28.9 Å². The molecular weight excluding hydrogens is 257 g/mol. The maximum absolute atomic E-state index is 5.98. The summed E-state index contributed by atoms with van der Waals surface area (Å²) in [5.74, 6) is 0.375. The summed E-state index contributed by atoms with van der Waals surface area (Å²) in [7, 11) is 0. The van der Waals surface area contributed by atoms with Gasteiger partial charge >= 0.3 is 0 Å². The van der Waals surface area contributed by atoms with E-state index in [1.54, 1.807) is 16.8 Å². The quantitative estimate of drug-likeness (QED) is 0.841. The number of halogens is 2. The standard InChI is InChI=1S/C12H13Cl2N3/c1-7(2)11-3-4-17(16-11)12-6-9(14)8(13)5-10(12)15/h3-7H,15H2,1-2H3. The second-order valence-corrected chi connectivity index (χ2v) is 4.98. The van der Waals surface area contributed by atoms with Crippen LogP contribution in [0.4, 0.5) is 5.69 Å². The number of rotatable bonds is 2. The van der Waals surface area contributed by atoms with E-state index in [1.807, 2.05) is 12.3 Å². The Kier molecular flexibility index (Phi) is 3.31. The van der Waals surface area contributed by atoms with Gasteiger partial charge in [-0.25, -0.2) is 4.68 Å². The number of hydrogen-bond acceptors (Lipinski definition) is 2. The maximum atomic E-state index is 5.98. The van der Waals surface area contributed by atoms with Gasteiger partial charge in [0.1, 0.15) is 0 Å². The number of anilines is 1. The highest BCUT2D eigenvalue weighted by atomic mass is 35.5. The Labute approximate surface area is 110 Å². The molecule has 0 aliphatic heterocycles. The van der Waals surface area contributed by atoms with Gasteiger partial charge in [0, 0.05) is 6.20 Å². The Morgan fingerprint density at radius 2 is 1.88 bits per heavy atom. The van der Waals surface area contributed by atoms with E-state index >= 15 is 0 Å². The minimum absolute atomic E-state index is 0.375. The van der Waals surface area contributed by atoms with Gasteiger partial charge in [-0.2, -0.15) is 5.10 Å². The van der Waals surface area contributed by atoms with Gasteiger partial charge in [0.05, 0.1) is 27.1 Å². The molecule has 0 bridgehead atoms. The molecule has 0 saturated carbocycles. The fourth-order valence-corrected chi connectivity index (χ4v) is 1.86. The van der Waals surface area contributed by atoms with Crippen molar-refractivity contribution in [2.75, 3.05) is 5.73 Å². The molecule has 5 heteroatoms. The molecule has 17 heavy (non-hydrogen) atoms. The van der Waals surface area contributed by atoms with Crippen molar-refractivity contribution < 1.29 is 0 Å². The zero-order valence-electron chi connectivity index (χ0n) is 9.61. The lowest BCUT2D eigenvalue weighted by Gasteiger charge is -2.08. The lowest BCUT2D eigenvalue weighted by atomic mass is 10.1. The summed E-state index contributed by atoms with van der Waals surface area (Å²) in [4.78, 5) is 0. The first-order valence-corrected chi connectivity index (χ1v) is 6.05. The van der Waals surface area contributed by atoms with Crippen molar-refractivity contribution in [3.63, 3.8) is 0 Å². The van der Waals surface area contributed by atoms with Crippen molar-refractivity contribution in [1.29, 1.82) is 0 Å². The summed E-state index contributed by atoms with van der Waals surface area (Å²) < 4.78 is 1.72. The van der Waals surface area contributed by atoms with Crippen LogP contribution in [-0.4, -0.2) is 9.78 Å². The summed E-state index contributed by atoms with van der Waals surface area (Å²) in [6, 6.07) is 5.32. The van der Waals surface area contributed by atoms with E-state index < -0.39 is 0 Å². The molecule has 3 nitrogen and oxygen atoms in total. The van der Waals surface area contributed by atoms with Crippen molar-refractivity contribution in [3.8, 4) is 5.69 Å². The molecule has 1 aromatic heterocycles. The minimum Gasteiger partial charge on any atom is -0.397 e. The van der Waals surface area contributed by atoms with E-state index in [2.05, 4.69) is 18.9 Å². The molecule has 0 radical (unpaired) electrons. The van der Waals surface area contributed by atoms with Gasteiger partial charge in [-0.3, -0.25) is 0 Å². The van der Waals surface area contributed by atoms with Crippen molar-refractivity contribution in [1.82, 2.24) is 9.78 Å². The first kappa shape index (κ1) is 12.3. The summed E-state index contributed by atoms with van der Waals surface area (Å²) >= 11 is 11.9. The lowest BCUT2D eigenvalue weighted by molar-refractivity contribution is 0.769. The molecule has 1 heterocycles. The Bertz CT molecular complexity index is 547. The summed E-state index contributed by atoms with van der Waals surface area (Å²) in [6.45, 7) is 4.18. The Morgan fingerprint density at radius 3 is 2.47 bits per heavy atom. The van der Waals surface area contributed by atoms with Crippen LogP contribution in [-0.2, 0) is 0 Å². The van der Waals surface area contributed by atoms with E-state index in [-0.39, 0.29) is 0 Å². The van der Waals surface area contributed by atoms with Crippen molar-refractivity contribution in [3.05, 3.63) is 40.1 Å². The highest BCUT2D eigenvalue weighted by Gasteiger charge is 2.09. The number of benzene rings is 1. The number of nitrogens with zero attached hydrogens (tertiary/aromatic N) is 2. The molecule has 0 amide bonds. The Hall–Kier alpha value is -1.19. The lowest BCUT2D eigenvalue weighted by Crippen LogP contribution is -2.01. The molecule has 0 atom stereocenters. The summed E-state index contributed by atoms with van der Waals surface area (Å²) in [6.07, 6.45) is 1.87. The minimum atomic E-state index is 0.375. The van der Waals surface area contributed by atoms with E-state index in [1.165, 1.54) is 0 Å². The van der Waals surface area contributed by atoms with Crippen molar-refractivity contribution in [2.24, 2.45) is 0 Å². The van der Waals surface area contributed by atoms with Crippen LogP contribution in [0.25, 0.3) is 5.69 Å². The number of nitrogens with two attached hydrogens (primary N) is 1. The van der Waals surface area contributed by atoms with Gasteiger partial charge in [0.15, 0.2) is 0 Å². The molecule has 0 unspecified atom stereocenters. The molecule has 2 aromatic rings. The van der Waals surface area contributed by atoms with Crippen LogP contribution in [0.1, 0.15) is 25.5 Å². The fraction of sp³-hybridized carbons (Fsp3) is 0.250. The fourth-order valence-electron chi connectivity index (χ4n) is 1.53. The van der Waals surface area contributed by atoms with Crippen LogP contribution in [0.3, 0.4) is 0 Å². The molecule has 0 aliphatic rings. The third-order valence-electron chi connectivity index (χ3n) is 2.52. The first-order valence-electron chi connectivity index (χ1n) is 5.29.